The molecule has 14 nitrogen and oxygen atoms in total. The second-order valence-corrected chi connectivity index (χ2v) is 14.9. The van der Waals surface area contributed by atoms with Gasteiger partial charge in [-0.25, -0.2) is 0 Å². The van der Waals surface area contributed by atoms with Crippen molar-refractivity contribution < 1.29 is 160 Å². The third-order valence-corrected chi connectivity index (χ3v) is 9.25. The average Bonchev–Trinajstić information content (AvgIpc) is 3.31. The molecule has 414 valence electrons. The van der Waals surface area contributed by atoms with Gasteiger partial charge in [-0.05, 0) is 72.8 Å². The van der Waals surface area contributed by atoms with E-state index in [1.54, 1.807) is 0 Å². The van der Waals surface area contributed by atoms with Gasteiger partial charge >= 0.3 is 41.9 Å². The summed E-state index contributed by atoms with van der Waals surface area (Å²) in [6, 6.07) is 57.2. The first kappa shape index (κ1) is 71.1. The molecule has 0 aliphatic rings. The number of hydrogen-bond acceptors (Lipinski definition) is 14. The minimum Gasteiger partial charge on any atom is -0.361 e. The Kier molecular flexibility index (Phi) is 35.5. The van der Waals surface area contributed by atoms with E-state index in [9.17, 15) is 52.7 Å². The van der Waals surface area contributed by atoms with Gasteiger partial charge in [0.2, 0.25) is 0 Å². The third kappa shape index (κ3) is 35.3. The predicted molar refractivity (Wildman–Crippen MR) is 236 cm³/mol. The zero-order valence-electron chi connectivity index (χ0n) is 36.9. The van der Waals surface area contributed by atoms with Crippen LogP contribution in [0.3, 0.4) is 0 Å². The Morgan fingerprint density at radius 1 is 0.243 bits per heavy atom. The average molecular weight is 1290 g/mol. The van der Waals surface area contributed by atoms with E-state index in [0.29, 0.717) is 0 Å². The van der Waals surface area contributed by atoms with Crippen molar-refractivity contribution in [3.05, 3.63) is 182 Å². The molecule has 6 aromatic rings. The van der Waals surface area contributed by atoms with Crippen LogP contribution in [0.2, 0.25) is 0 Å². The van der Waals surface area contributed by atoms with Gasteiger partial charge in [-0.3, -0.25) is 27.1 Å². The Balaban J connectivity index is 0. The third-order valence-electron chi connectivity index (χ3n) is 6.84. The van der Waals surface area contributed by atoms with Crippen LogP contribution in [0.5, 0.6) is 34.5 Å². The maximum absolute atomic E-state index is 10.7. The molecule has 0 aliphatic heterocycles. The molecular formula is C44H44F12O14P2Rh2+2. The molecule has 0 bridgehead atoms. The van der Waals surface area contributed by atoms with Crippen LogP contribution in [0.25, 0.3) is 0 Å². The number of para-hydroxylation sites is 6. The van der Waals surface area contributed by atoms with E-state index in [0.717, 1.165) is 34.5 Å². The summed E-state index contributed by atoms with van der Waals surface area (Å²) >= 11 is 0. The van der Waals surface area contributed by atoms with Gasteiger partial charge in [0, 0.05) is 39.0 Å². The van der Waals surface area contributed by atoms with Crippen LogP contribution in [-0.2, 0) is 39.0 Å². The van der Waals surface area contributed by atoms with E-state index in [1.807, 2.05) is 182 Å². The molecule has 8 N–H and O–H groups in total. The number of rotatable bonds is 12. The zero-order chi connectivity index (χ0) is 54.4. The molecule has 0 amide bonds. The van der Waals surface area contributed by atoms with E-state index in [2.05, 4.69) is 0 Å². The molecule has 30 heteroatoms. The summed E-state index contributed by atoms with van der Waals surface area (Å²) in [6.45, 7) is 0. The van der Waals surface area contributed by atoms with Gasteiger partial charge in [0.1, 0.15) is 0 Å². The van der Waals surface area contributed by atoms with Crippen LogP contribution in [-0.4, -0.2) is 90.7 Å². The van der Waals surface area contributed by atoms with Crippen LogP contribution >= 0.6 is 17.2 Å². The number of benzene rings is 6. The van der Waals surface area contributed by atoms with Gasteiger partial charge in [-0.15, -0.1) is 0 Å². The number of aliphatic hydroxyl groups is 8. The van der Waals surface area contributed by atoms with Gasteiger partial charge in [0.15, 0.2) is 34.5 Å². The molecule has 0 atom stereocenters. The van der Waals surface area contributed by atoms with Crippen molar-refractivity contribution >= 4 is 17.2 Å². The SMILES string of the molecule is OC(O)C(F)(F)F.OC(O)C(F)(F)F.OC(O)C(F)(F)F.OC(O)C(F)(F)F.[Rh].[Rh].c1ccc(O[PH+](Oc2ccccc2)Oc2ccccc2)cc1.c1ccc(O[PH+](Oc2ccccc2)Oc2ccccc2)cc1. The molecule has 0 aliphatic carbocycles. The topological polar surface area (TPSA) is 217 Å². The zero-order valence-corrected chi connectivity index (χ0v) is 42.1. The summed E-state index contributed by atoms with van der Waals surface area (Å²) in [4.78, 5) is 0. The number of hydrogen-bond donors (Lipinski definition) is 8. The van der Waals surface area contributed by atoms with Crippen molar-refractivity contribution in [3.8, 4) is 34.5 Å². The molecule has 6 rings (SSSR count). The van der Waals surface area contributed by atoms with E-state index >= 15 is 0 Å². The first-order valence-corrected chi connectivity index (χ1v) is 21.9. The Bertz CT molecular complexity index is 1860. The summed E-state index contributed by atoms with van der Waals surface area (Å²) in [6.07, 6.45) is -32.4. The maximum atomic E-state index is 10.7. The van der Waals surface area contributed by atoms with Crippen molar-refractivity contribution in [3.63, 3.8) is 0 Å². The van der Waals surface area contributed by atoms with Gasteiger partial charge in [0.25, 0.3) is 25.2 Å². The van der Waals surface area contributed by atoms with E-state index in [4.69, 9.17) is 68.0 Å². The fourth-order valence-corrected chi connectivity index (χ4v) is 5.85. The Hall–Kier alpha value is -4.93. The minimum absolute atomic E-state index is 0. The predicted octanol–water partition coefficient (Wildman–Crippen LogP) is 9.80. The fraction of sp³-hybridized carbons (Fsp3) is 0.182. The summed E-state index contributed by atoms with van der Waals surface area (Å²) in [5.74, 6) is 4.35. The molecule has 0 spiro atoms. The minimum atomic E-state index is -4.89. The summed E-state index contributed by atoms with van der Waals surface area (Å²) in [5.41, 5.74) is 0. The molecule has 0 unspecified atom stereocenters. The van der Waals surface area contributed by atoms with Crippen LogP contribution < -0.4 is 27.1 Å². The van der Waals surface area contributed by atoms with Crippen molar-refractivity contribution in [1.82, 2.24) is 0 Å². The van der Waals surface area contributed by atoms with E-state index in [1.165, 1.54) is 0 Å². The summed E-state index contributed by atoms with van der Waals surface area (Å²) in [7, 11) is -4.00. The van der Waals surface area contributed by atoms with E-state index in [-0.39, 0.29) is 39.0 Å². The van der Waals surface area contributed by atoms with Gasteiger partial charge in [-0.2, -0.15) is 52.7 Å². The summed E-state index contributed by atoms with van der Waals surface area (Å²) < 4.78 is 163. The van der Waals surface area contributed by atoms with Crippen molar-refractivity contribution in [2.24, 2.45) is 0 Å². The summed E-state index contributed by atoms with van der Waals surface area (Å²) in [5, 5.41) is 58.6. The van der Waals surface area contributed by atoms with Crippen LogP contribution in [0.1, 0.15) is 0 Å². The quantitative estimate of drug-likeness (QED) is 0.0248. The number of halogens is 12. The normalized spacial score (nSPS) is 10.9. The molecule has 74 heavy (non-hydrogen) atoms. The molecule has 0 saturated heterocycles. The second-order valence-electron chi connectivity index (χ2n) is 12.7. The van der Waals surface area contributed by atoms with Crippen LogP contribution in [0.4, 0.5) is 52.7 Å². The monoisotopic (exact) mass is 1290 g/mol. The molecule has 6 aromatic carbocycles. The molecule has 0 aromatic heterocycles. The second kappa shape index (κ2) is 36.9. The van der Waals surface area contributed by atoms with Crippen molar-refractivity contribution in [1.29, 1.82) is 0 Å². The van der Waals surface area contributed by atoms with Gasteiger partial charge in [0.05, 0.1) is 0 Å². The molecule has 0 saturated carbocycles. The molecular weight excluding hydrogens is 1250 g/mol. The van der Waals surface area contributed by atoms with Crippen molar-refractivity contribution in [2.75, 3.05) is 0 Å². The first-order valence-electron chi connectivity index (χ1n) is 19.4. The molecule has 2 radical (unpaired) electrons. The standard InChI is InChI=1S/2C18H16O3P.4C2H3F3O2.2Rh/c2*1-4-10-16(11-5-1)19-22(20-17-12-6-2-7-13-17)21-18-14-8-3-9-15-18;4*3-2(4,5)1(6)7;;/h2*1-15,22H;4*1,6-7H;;/q2*+1;;;;;;. The van der Waals surface area contributed by atoms with Crippen LogP contribution in [0.15, 0.2) is 182 Å². The maximum Gasteiger partial charge on any atom is 0.528 e. The van der Waals surface area contributed by atoms with Gasteiger partial charge < -0.3 is 40.9 Å². The van der Waals surface area contributed by atoms with Crippen molar-refractivity contribution in [2.45, 2.75) is 49.9 Å². The number of alkyl halides is 12. The molecule has 0 heterocycles. The van der Waals surface area contributed by atoms with E-state index < -0.39 is 67.1 Å². The smallest absolute Gasteiger partial charge is 0.361 e. The Morgan fingerprint density at radius 2 is 0.338 bits per heavy atom. The fourth-order valence-electron chi connectivity index (χ4n) is 3.63. The van der Waals surface area contributed by atoms with Gasteiger partial charge in [-0.1, -0.05) is 109 Å². The Labute approximate surface area is 441 Å². The van der Waals surface area contributed by atoms with Crippen LogP contribution in [0, 0.1) is 0 Å². The largest absolute Gasteiger partial charge is 0.528 e. The molecule has 0 fully saturated rings. The Morgan fingerprint density at radius 3 is 0.419 bits per heavy atom. The first-order chi connectivity index (χ1) is 33.6. The number of aliphatic hydroxyl groups excluding tert-OH is 4.